The first-order valence-electron chi connectivity index (χ1n) is 11.6. The van der Waals surface area contributed by atoms with Crippen molar-refractivity contribution < 1.29 is 14.3 Å². The van der Waals surface area contributed by atoms with Gasteiger partial charge in [0.25, 0.3) is 5.91 Å². The van der Waals surface area contributed by atoms with E-state index in [-0.39, 0.29) is 17.9 Å². The van der Waals surface area contributed by atoms with E-state index in [0.717, 1.165) is 36.5 Å². The van der Waals surface area contributed by atoms with Gasteiger partial charge in [-0.3, -0.25) is 9.59 Å². The number of carbonyl (C=O) groups is 2. The fraction of sp³-hybridized carbons (Fsp3) is 0.346. The number of para-hydroxylation sites is 1. The number of carbonyl (C=O) groups excluding carboxylic acids is 2. The van der Waals surface area contributed by atoms with Crippen molar-refractivity contribution in [2.24, 2.45) is 0 Å². The van der Waals surface area contributed by atoms with Gasteiger partial charge in [0, 0.05) is 23.6 Å². The Labute approximate surface area is 193 Å². The average Bonchev–Trinajstić information content (AvgIpc) is 3.50. The predicted molar refractivity (Wildman–Crippen MR) is 124 cm³/mol. The van der Waals surface area contributed by atoms with Gasteiger partial charge in [0.15, 0.2) is 0 Å². The second-order valence-electron chi connectivity index (χ2n) is 8.76. The summed E-state index contributed by atoms with van der Waals surface area (Å²) < 4.78 is 7.63. The number of fused-ring (bicyclic) bond motifs is 3. The van der Waals surface area contributed by atoms with Gasteiger partial charge in [-0.2, -0.15) is 0 Å². The number of nitrogens with one attached hydrogen (secondary N) is 2. The molecular weight excluding hydrogens is 416 g/mol. The van der Waals surface area contributed by atoms with Crippen LogP contribution in [0.3, 0.4) is 0 Å². The van der Waals surface area contributed by atoms with Crippen LogP contribution in [0.4, 0.5) is 0 Å². The van der Waals surface area contributed by atoms with Crippen LogP contribution >= 0.6 is 0 Å². The second kappa shape index (κ2) is 8.73. The summed E-state index contributed by atoms with van der Waals surface area (Å²) in [5, 5.41) is 6.14. The minimum absolute atomic E-state index is 0.149. The predicted octanol–water partition coefficient (Wildman–Crippen LogP) is 3.73. The van der Waals surface area contributed by atoms with E-state index in [0.29, 0.717) is 25.0 Å². The van der Waals surface area contributed by atoms with Crippen molar-refractivity contribution in [2.45, 2.75) is 50.6 Å². The van der Waals surface area contributed by atoms with E-state index >= 15 is 0 Å². The minimum Gasteiger partial charge on any atom is -0.494 e. The Balaban J connectivity index is 1.27. The zero-order valence-electron chi connectivity index (χ0n) is 18.7. The number of aryl methyl sites for hydroxylation is 1. The Kier molecular flexibility index (Phi) is 5.62. The zero-order chi connectivity index (χ0) is 22.8. The van der Waals surface area contributed by atoms with E-state index in [1.807, 2.05) is 29.8 Å². The summed E-state index contributed by atoms with van der Waals surface area (Å²) in [6, 6.07) is 15.0. The molecule has 2 N–H and O–H groups in total. The largest absolute Gasteiger partial charge is 0.494 e. The first-order valence-corrected chi connectivity index (χ1v) is 11.6. The number of benzene rings is 2. The third-order valence-corrected chi connectivity index (χ3v) is 6.37. The van der Waals surface area contributed by atoms with E-state index in [1.165, 1.54) is 5.56 Å². The van der Waals surface area contributed by atoms with E-state index in [4.69, 9.17) is 4.74 Å². The van der Waals surface area contributed by atoms with Gasteiger partial charge in [0.05, 0.1) is 12.6 Å². The molecule has 1 saturated carbocycles. The molecule has 2 amide bonds. The molecule has 3 aromatic rings. The van der Waals surface area contributed by atoms with Gasteiger partial charge in [-0.15, -0.1) is 0 Å². The summed E-state index contributed by atoms with van der Waals surface area (Å²) in [5.74, 6) is 1.15. The molecule has 1 unspecified atom stereocenters. The van der Waals surface area contributed by atoms with Crippen LogP contribution in [0.2, 0.25) is 0 Å². The van der Waals surface area contributed by atoms with Crippen molar-refractivity contribution in [1.82, 2.24) is 20.2 Å². The fourth-order valence-corrected chi connectivity index (χ4v) is 4.34. The molecule has 2 aromatic carbocycles. The lowest BCUT2D eigenvalue weighted by atomic mass is 10.0. The maximum atomic E-state index is 13.3. The van der Waals surface area contributed by atoms with E-state index in [1.54, 1.807) is 30.5 Å². The summed E-state index contributed by atoms with van der Waals surface area (Å²) in [5.41, 5.74) is 1.99. The highest BCUT2D eigenvalue weighted by molar-refractivity contribution is 6.00. The van der Waals surface area contributed by atoms with Crippen LogP contribution < -0.4 is 15.4 Å². The first kappa shape index (κ1) is 21.2. The normalized spacial score (nSPS) is 17.8. The summed E-state index contributed by atoms with van der Waals surface area (Å²) in [7, 11) is 0. The molecule has 5 rings (SSSR count). The van der Waals surface area contributed by atoms with Gasteiger partial charge in [0.1, 0.15) is 17.1 Å². The van der Waals surface area contributed by atoms with Crippen LogP contribution in [0.25, 0.3) is 5.69 Å². The molecule has 0 spiro atoms. The van der Waals surface area contributed by atoms with Gasteiger partial charge in [-0.1, -0.05) is 25.1 Å². The topological polar surface area (TPSA) is 85.2 Å². The van der Waals surface area contributed by atoms with Crippen LogP contribution in [0.15, 0.2) is 60.9 Å². The number of amides is 2. The Morgan fingerprint density at radius 3 is 2.70 bits per heavy atom. The maximum Gasteiger partial charge on any atom is 0.252 e. The van der Waals surface area contributed by atoms with E-state index in [9.17, 15) is 9.59 Å². The summed E-state index contributed by atoms with van der Waals surface area (Å²) >= 11 is 0. The maximum absolute atomic E-state index is 13.3. The molecule has 1 aliphatic carbocycles. The van der Waals surface area contributed by atoms with Gasteiger partial charge in [-0.05, 0) is 68.0 Å². The minimum atomic E-state index is -0.856. The summed E-state index contributed by atoms with van der Waals surface area (Å²) in [6.45, 7) is 2.68. The molecule has 0 bridgehead atoms. The molecule has 7 nitrogen and oxygen atoms in total. The number of ether oxygens (including phenoxy) is 1. The molecule has 2 aliphatic rings. The first-order chi connectivity index (χ1) is 16.1. The van der Waals surface area contributed by atoms with E-state index in [2.05, 4.69) is 27.8 Å². The standard InChI is InChI=1S/C26H28N4O3/c1-2-17-33-20-10-7-19(8-11-20)24(31)29-26(13-14-26)25(32)28-21-12-9-18-5-3-4-6-22(18)30-16-15-27-23(21)30/h3-8,10-11,15-16,21H,2,9,12-14,17H2,1H3,(H,28,32)(H,29,31). The number of rotatable bonds is 7. The molecular formula is C26H28N4O3. The number of imidazole rings is 1. The fourth-order valence-electron chi connectivity index (χ4n) is 4.34. The monoisotopic (exact) mass is 444 g/mol. The lowest BCUT2D eigenvalue weighted by Crippen LogP contribution is -2.50. The third kappa shape index (κ3) is 4.23. The van der Waals surface area contributed by atoms with Crippen molar-refractivity contribution >= 4 is 11.8 Å². The van der Waals surface area contributed by atoms with Crippen molar-refractivity contribution in [2.75, 3.05) is 6.61 Å². The highest BCUT2D eigenvalue weighted by Crippen LogP contribution is 2.37. The molecule has 1 aromatic heterocycles. The highest BCUT2D eigenvalue weighted by atomic mass is 16.5. The number of hydrogen-bond acceptors (Lipinski definition) is 4. The molecule has 7 heteroatoms. The van der Waals surface area contributed by atoms with Crippen LogP contribution in [-0.2, 0) is 11.2 Å². The summed E-state index contributed by atoms with van der Waals surface area (Å²) in [4.78, 5) is 30.6. The third-order valence-electron chi connectivity index (χ3n) is 6.37. The van der Waals surface area contributed by atoms with Crippen LogP contribution in [0, 0.1) is 0 Å². The molecule has 33 heavy (non-hydrogen) atoms. The highest BCUT2D eigenvalue weighted by Gasteiger charge is 2.52. The Morgan fingerprint density at radius 1 is 1.15 bits per heavy atom. The molecule has 0 radical (unpaired) electrons. The van der Waals surface area contributed by atoms with Gasteiger partial charge in [0.2, 0.25) is 5.91 Å². The lowest BCUT2D eigenvalue weighted by molar-refractivity contribution is -0.124. The smallest absolute Gasteiger partial charge is 0.252 e. The average molecular weight is 445 g/mol. The molecule has 1 aliphatic heterocycles. The zero-order valence-corrected chi connectivity index (χ0v) is 18.7. The molecule has 2 heterocycles. The molecule has 1 atom stereocenters. The Hall–Kier alpha value is -3.61. The van der Waals surface area contributed by atoms with Crippen molar-refractivity contribution in [3.8, 4) is 11.4 Å². The quantitative estimate of drug-likeness (QED) is 0.582. The van der Waals surface area contributed by atoms with Gasteiger partial charge in [-0.25, -0.2) is 4.98 Å². The Morgan fingerprint density at radius 2 is 1.94 bits per heavy atom. The van der Waals surface area contributed by atoms with E-state index < -0.39 is 5.54 Å². The SMILES string of the molecule is CCCOc1ccc(C(=O)NC2(C(=O)NC3CCc4ccccc4-n4ccnc43)CC2)cc1. The van der Waals surface area contributed by atoms with Gasteiger partial charge >= 0.3 is 0 Å². The van der Waals surface area contributed by atoms with Gasteiger partial charge < -0.3 is 19.9 Å². The van der Waals surface area contributed by atoms with Crippen LogP contribution in [0.1, 0.15) is 60.4 Å². The van der Waals surface area contributed by atoms with Crippen molar-refractivity contribution in [1.29, 1.82) is 0 Å². The number of nitrogens with zero attached hydrogens (tertiary/aromatic N) is 2. The number of hydrogen-bond donors (Lipinski definition) is 2. The number of aromatic nitrogens is 2. The van der Waals surface area contributed by atoms with Crippen LogP contribution in [0.5, 0.6) is 5.75 Å². The Bertz CT molecular complexity index is 1160. The van der Waals surface area contributed by atoms with Crippen LogP contribution in [-0.4, -0.2) is 33.5 Å². The van der Waals surface area contributed by atoms with Crippen molar-refractivity contribution in [3.63, 3.8) is 0 Å². The molecule has 1 fully saturated rings. The van der Waals surface area contributed by atoms with Crippen molar-refractivity contribution in [3.05, 3.63) is 77.9 Å². The molecule has 170 valence electrons. The second-order valence-corrected chi connectivity index (χ2v) is 8.76. The lowest BCUT2D eigenvalue weighted by Gasteiger charge is -2.22. The molecule has 0 saturated heterocycles. The summed E-state index contributed by atoms with van der Waals surface area (Å²) in [6.07, 6.45) is 7.47.